The van der Waals surface area contributed by atoms with Crippen molar-refractivity contribution in [3.63, 3.8) is 0 Å². The summed E-state index contributed by atoms with van der Waals surface area (Å²) >= 11 is 0. The highest BCUT2D eigenvalue weighted by Gasteiger charge is 2.15. The molecule has 0 radical (unpaired) electrons. The van der Waals surface area contributed by atoms with Gasteiger partial charge in [0, 0.05) is 0 Å². The number of amides is 1. The molecule has 1 amide bonds. The van der Waals surface area contributed by atoms with Gasteiger partial charge in [0.15, 0.2) is 6.10 Å². The van der Waals surface area contributed by atoms with Crippen molar-refractivity contribution in [3.8, 4) is 5.75 Å². The normalized spacial score (nSPS) is 12.0. The minimum Gasteiger partial charge on any atom is -0.493 e. The molecule has 1 aromatic carbocycles. The van der Waals surface area contributed by atoms with E-state index in [9.17, 15) is 9.59 Å². The Labute approximate surface area is 112 Å². The highest BCUT2D eigenvalue weighted by Crippen LogP contribution is 2.14. The number of nitrogens with two attached hydrogens (primary N) is 1. The number of primary amides is 1. The van der Waals surface area contributed by atoms with Gasteiger partial charge in [0.2, 0.25) is 0 Å². The molecule has 1 rings (SSSR count). The van der Waals surface area contributed by atoms with E-state index in [4.69, 9.17) is 15.2 Å². The number of hydrogen-bond acceptors (Lipinski definition) is 4. The summed E-state index contributed by atoms with van der Waals surface area (Å²) in [5, 5.41) is 0. The summed E-state index contributed by atoms with van der Waals surface area (Å²) in [6.07, 6.45) is -0.940. The third-order valence-electron chi connectivity index (χ3n) is 2.36. The first-order valence-electron chi connectivity index (χ1n) is 6.13. The molecule has 0 fully saturated rings. The van der Waals surface area contributed by atoms with E-state index in [1.165, 1.54) is 6.92 Å². The summed E-state index contributed by atoms with van der Waals surface area (Å²) in [6, 6.07) is 6.55. The van der Waals surface area contributed by atoms with E-state index in [-0.39, 0.29) is 0 Å². The van der Waals surface area contributed by atoms with Crippen molar-refractivity contribution < 1.29 is 19.1 Å². The third-order valence-corrected chi connectivity index (χ3v) is 2.36. The van der Waals surface area contributed by atoms with Gasteiger partial charge in [-0.2, -0.15) is 0 Å². The van der Waals surface area contributed by atoms with Crippen LogP contribution in [0.15, 0.2) is 24.3 Å². The van der Waals surface area contributed by atoms with Crippen molar-refractivity contribution in [2.24, 2.45) is 11.7 Å². The lowest BCUT2D eigenvalue weighted by molar-refractivity contribution is -0.125. The van der Waals surface area contributed by atoms with Crippen molar-refractivity contribution in [1.29, 1.82) is 0 Å². The lowest BCUT2D eigenvalue weighted by atomic mass is 10.2. The van der Waals surface area contributed by atoms with Crippen molar-refractivity contribution in [2.45, 2.75) is 26.9 Å². The van der Waals surface area contributed by atoms with Gasteiger partial charge in [-0.05, 0) is 37.1 Å². The predicted octanol–water partition coefficient (Wildman–Crippen LogP) is 1.75. The number of carbonyl (C=O) groups is 2. The van der Waals surface area contributed by atoms with E-state index < -0.39 is 18.0 Å². The zero-order valence-electron chi connectivity index (χ0n) is 11.4. The highest BCUT2D eigenvalue weighted by molar-refractivity contribution is 5.92. The average Bonchev–Trinajstić information content (AvgIpc) is 2.36. The van der Waals surface area contributed by atoms with Gasteiger partial charge in [-0.25, -0.2) is 4.79 Å². The quantitative estimate of drug-likeness (QED) is 0.795. The van der Waals surface area contributed by atoms with Gasteiger partial charge >= 0.3 is 5.97 Å². The lowest BCUT2D eigenvalue weighted by Crippen LogP contribution is -2.30. The van der Waals surface area contributed by atoms with E-state index >= 15 is 0 Å². The van der Waals surface area contributed by atoms with Gasteiger partial charge in [-0.15, -0.1) is 0 Å². The topological polar surface area (TPSA) is 78.6 Å². The predicted molar refractivity (Wildman–Crippen MR) is 70.8 cm³/mol. The maximum absolute atomic E-state index is 11.7. The van der Waals surface area contributed by atoms with Gasteiger partial charge in [0.1, 0.15) is 5.75 Å². The second kappa shape index (κ2) is 6.78. The molecule has 5 nitrogen and oxygen atoms in total. The summed E-state index contributed by atoms with van der Waals surface area (Å²) in [5.74, 6) is -0.138. The molecule has 1 atom stereocenters. The molecule has 0 aromatic heterocycles. The fourth-order valence-corrected chi connectivity index (χ4v) is 1.24. The van der Waals surface area contributed by atoms with Crippen LogP contribution in [0.25, 0.3) is 0 Å². The molecule has 1 aromatic rings. The van der Waals surface area contributed by atoms with Gasteiger partial charge < -0.3 is 15.2 Å². The standard InChI is InChI=1S/C14H19NO4/c1-9(2)8-18-12-6-4-11(5-7-12)14(17)19-10(3)13(15)16/h4-7,9-10H,8H2,1-3H3,(H2,15,16)/t10-/m1/s1. The fraction of sp³-hybridized carbons (Fsp3) is 0.429. The second-order valence-electron chi connectivity index (χ2n) is 4.68. The first-order chi connectivity index (χ1) is 8.90. The number of ether oxygens (including phenoxy) is 2. The Hall–Kier alpha value is -2.04. The molecular formula is C14H19NO4. The van der Waals surface area contributed by atoms with Crippen LogP contribution in [0.1, 0.15) is 31.1 Å². The van der Waals surface area contributed by atoms with E-state index in [2.05, 4.69) is 13.8 Å². The molecule has 0 spiro atoms. The summed E-state index contributed by atoms with van der Waals surface area (Å²) in [6.45, 7) is 6.15. The van der Waals surface area contributed by atoms with Crippen LogP contribution in [0.4, 0.5) is 0 Å². The number of esters is 1. The second-order valence-corrected chi connectivity index (χ2v) is 4.68. The molecule has 0 bridgehead atoms. The van der Waals surface area contributed by atoms with Crippen molar-refractivity contribution in [3.05, 3.63) is 29.8 Å². The lowest BCUT2D eigenvalue weighted by Gasteiger charge is -2.11. The Morgan fingerprint density at radius 1 is 1.16 bits per heavy atom. The monoisotopic (exact) mass is 265 g/mol. The van der Waals surface area contributed by atoms with Crippen LogP contribution < -0.4 is 10.5 Å². The Kier molecular flexibility index (Phi) is 5.36. The van der Waals surface area contributed by atoms with Crippen LogP contribution in [-0.4, -0.2) is 24.6 Å². The van der Waals surface area contributed by atoms with Crippen molar-refractivity contribution in [2.75, 3.05) is 6.61 Å². The molecular weight excluding hydrogens is 246 g/mol. The van der Waals surface area contributed by atoms with Crippen molar-refractivity contribution >= 4 is 11.9 Å². The van der Waals surface area contributed by atoms with E-state index in [0.717, 1.165) is 0 Å². The number of carbonyl (C=O) groups excluding carboxylic acids is 2. The zero-order chi connectivity index (χ0) is 14.4. The molecule has 0 unspecified atom stereocenters. The van der Waals surface area contributed by atoms with Gasteiger partial charge in [0.25, 0.3) is 5.91 Å². The minimum atomic E-state index is -0.940. The molecule has 19 heavy (non-hydrogen) atoms. The molecule has 0 aliphatic rings. The van der Waals surface area contributed by atoms with E-state index in [1.807, 2.05) is 0 Å². The minimum absolute atomic E-state index is 0.352. The molecule has 5 heteroatoms. The van der Waals surface area contributed by atoms with Gasteiger partial charge in [0.05, 0.1) is 12.2 Å². The first-order valence-corrected chi connectivity index (χ1v) is 6.13. The molecule has 0 saturated heterocycles. The van der Waals surface area contributed by atoms with Crippen LogP contribution in [0, 0.1) is 5.92 Å². The number of hydrogen-bond donors (Lipinski definition) is 1. The van der Waals surface area contributed by atoms with Crippen molar-refractivity contribution in [1.82, 2.24) is 0 Å². The van der Waals surface area contributed by atoms with Crippen LogP contribution in [0.5, 0.6) is 5.75 Å². The summed E-state index contributed by atoms with van der Waals surface area (Å²) in [5.41, 5.74) is 5.37. The van der Waals surface area contributed by atoms with Crippen LogP contribution in [-0.2, 0) is 9.53 Å². The zero-order valence-corrected chi connectivity index (χ0v) is 11.4. The molecule has 104 valence electrons. The fourth-order valence-electron chi connectivity index (χ4n) is 1.24. The smallest absolute Gasteiger partial charge is 0.338 e. The molecule has 0 aliphatic carbocycles. The maximum atomic E-state index is 11.7. The SMILES string of the molecule is CC(C)COc1ccc(C(=O)O[C@H](C)C(N)=O)cc1. The van der Waals surface area contributed by atoms with Gasteiger partial charge in [-0.3, -0.25) is 4.79 Å². The number of rotatable bonds is 6. The highest BCUT2D eigenvalue weighted by atomic mass is 16.5. The Morgan fingerprint density at radius 3 is 2.21 bits per heavy atom. The van der Waals surface area contributed by atoms with Crippen LogP contribution in [0.2, 0.25) is 0 Å². The van der Waals surface area contributed by atoms with Crippen LogP contribution >= 0.6 is 0 Å². The third kappa shape index (κ3) is 4.99. The maximum Gasteiger partial charge on any atom is 0.338 e. The number of benzene rings is 1. The van der Waals surface area contributed by atoms with E-state index in [0.29, 0.717) is 23.8 Å². The van der Waals surface area contributed by atoms with Gasteiger partial charge in [-0.1, -0.05) is 13.8 Å². The average molecular weight is 265 g/mol. The summed E-state index contributed by atoms with van der Waals surface area (Å²) in [7, 11) is 0. The van der Waals surface area contributed by atoms with E-state index in [1.54, 1.807) is 24.3 Å². The Bertz CT molecular complexity index is 439. The summed E-state index contributed by atoms with van der Waals surface area (Å²) in [4.78, 5) is 22.5. The largest absolute Gasteiger partial charge is 0.493 e. The Balaban J connectivity index is 2.60. The molecule has 0 aliphatic heterocycles. The first kappa shape index (κ1) is 15.0. The molecule has 0 heterocycles. The Morgan fingerprint density at radius 2 is 1.74 bits per heavy atom. The summed E-state index contributed by atoms with van der Waals surface area (Å²) < 4.78 is 10.4. The molecule has 0 saturated carbocycles. The van der Waals surface area contributed by atoms with Crippen LogP contribution in [0.3, 0.4) is 0 Å². The molecule has 2 N–H and O–H groups in total.